The Balaban J connectivity index is 0. The van der Waals surface area contributed by atoms with Crippen molar-refractivity contribution in [2.45, 2.75) is 64.4 Å². The minimum absolute atomic E-state index is 0.0490. The molecular weight excluding hydrogens is 294 g/mol. The van der Waals surface area contributed by atoms with Crippen molar-refractivity contribution in [3.8, 4) is 0 Å². The number of ketones is 1. The van der Waals surface area contributed by atoms with Crippen molar-refractivity contribution >= 4 is 11.7 Å². The van der Waals surface area contributed by atoms with Crippen molar-refractivity contribution in [3.63, 3.8) is 0 Å². The third-order valence-corrected chi connectivity index (χ3v) is 2.78. The predicted molar refractivity (Wildman–Crippen MR) is 80.0 cm³/mol. The summed E-state index contributed by atoms with van der Waals surface area (Å²) >= 11 is 0. The number of hydrogen-bond donors (Lipinski definition) is 6. The van der Waals surface area contributed by atoms with E-state index < -0.39 is 36.9 Å². The molecule has 0 aromatic carbocycles. The quantitative estimate of drug-likeness (QED) is 0.263. The molecule has 0 bridgehead atoms. The molecule has 0 rings (SSSR count). The van der Waals surface area contributed by atoms with Crippen LogP contribution in [0.25, 0.3) is 0 Å². The standard InChI is InChI=1S/C12H23NO7.C2H6/c1-7(15)4-2-3-5-13-12(20)11(19)10(18)9(17)8(16)6-14;1-2/h8-11,14,16-19H,2-6H2,1H3,(H,13,20);1-2H3. The van der Waals surface area contributed by atoms with Gasteiger partial charge in [-0.05, 0) is 19.8 Å². The largest absolute Gasteiger partial charge is 0.394 e. The molecule has 0 saturated heterocycles. The highest BCUT2D eigenvalue weighted by Gasteiger charge is 2.33. The van der Waals surface area contributed by atoms with E-state index in [1.54, 1.807) is 0 Å². The summed E-state index contributed by atoms with van der Waals surface area (Å²) in [5.41, 5.74) is 0. The molecule has 0 saturated carbocycles. The van der Waals surface area contributed by atoms with Crippen LogP contribution in [0.1, 0.15) is 40.0 Å². The number of amides is 1. The van der Waals surface area contributed by atoms with Crippen molar-refractivity contribution in [2.75, 3.05) is 13.2 Å². The van der Waals surface area contributed by atoms with Crippen molar-refractivity contribution in [2.24, 2.45) is 0 Å². The van der Waals surface area contributed by atoms with Gasteiger partial charge in [-0.1, -0.05) is 13.8 Å². The van der Waals surface area contributed by atoms with Crippen molar-refractivity contribution in [1.82, 2.24) is 5.32 Å². The van der Waals surface area contributed by atoms with Gasteiger partial charge in [-0.3, -0.25) is 4.79 Å². The number of unbranched alkanes of at least 4 members (excludes halogenated alkanes) is 1. The molecule has 0 heterocycles. The number of hydrogen-bond acceptors (Lipinski definition) is 7. The molecule has 8 nitrogen and oxygen atoms in total. The molecule has 0 aromatic heterocycles. The fraction of sp³-hybridized carbons (Fsp3) is 0.857. The molecule has 4 atom stereocenters. The summed E-state index contributed by atoms with van der Waals surface area (Å²) in [6, 6.07) is 0. The van der Waals surface area contributed by atoms with Crippen molar-refractivity contribution in [3.05, 3.63) is 0 Å². The average molecular weight is 323 g/mol. The van der Waals surface area contributed by atoms with Crippen molar-refractivity contribution in [1.29, 1.82) is 0 Å². The van der Waals surface area contributed by atoms with Crippen LogP contribution in [-0.4, -0.2) is 74.8 Å². The predicted octanol–water partition coefficient (Wildman–Crippen LogP) is -1.68. The lowest BCUT2D eigenvalue weighted by molar-refractivity contribution is -0.148. The van der Waals surface area contributed by atoms with Crippen LogP contribution in [0.5, 0.6) is 0 Å². The molecule has 6 N–H and O–H groups in total. The van der Waals surface area contributed by atoms with E-state index in [1.807, 2.05) is 13.8 Å². The molecule has 0 aliphatic carbocycles. The van der Waals surface area contributed by atoms with E-state index in [0.29, 0.717) is 19.3 Å². The Morgan fingerprint density at radius 3 is 2.00 bits per heavy atom. The van der Waals surface area contributed by atoms with Gasteiger partial charge in [-0.2, -0.15) is 0 Å². The molecule has 0 radical (unpaired) electrons. The fourth-order valence-electron chi connectivity index (χ4n) is 1.49. The highest BCUT2D eigenvalue weighted by Crippen LogP contribution is 2.05. The highest BCUT2D eigenvalue weighted by molar-refractivity contribution is 5.81. The van der Waals surface area contributed by atoms with Crippen LogP contribution >= 0.6 is 0 Å². The van der Waals surface area contributed by atoms with E-state index in [2.05, 4.69) is 5.32 Å². The SMILES string of the molecule is CC.CC(=O)CCCCNC(=O)C(O)C(O)C(O)C(O)CO. The zero-order chi connectivity index (χ0) is 17.7. The molecule has 4 unspecified atom stereocenters. The Kier molecular flexibility index (Phi) is 14.3. The number of nitrogens with one attached hydrogen (secondary N) is 1. The van der Waals surface area contributed by atoms with Gasteiger partial charge in [0.1, 0.15) is 24.1 Å². The van der Waals surface area contributed by atoms with E-state index in [1.165, 1.54) is 6.92 Å². The van der Waals surface area contributed by atoms with Crippen LogP contribution in [0.2, 0.25) is 0 Å². The highest BCUT2D eigenvalue weighted by atomic mass is 16.4. The van der Waals surface area contributed by atoms with Crippen LogP contribution < -0.4 is 5.32 Å². The number of carbonyl (C=O) groups is 2. The maximum atomic E-state index is 11.5. The molecular formula is C14H29NO7. The van der Waals surface area contributed by atoms with Gasteiger partial charge in [0.05, 0.1) is 6.61 Å². The van der Waals surface area contributed by atoms with Gasteiger partial charge in [0.2, 0.25) is 0 Å². The topological polar surface area (TPSA) is 147 Å². The molecule has 0 aromatic rings. The first-order chi connectivity index (χ1) is 10.3. The molecule has 132 valence electrons. The van der Waals surface area contributed by atoms with Gasteiger partial charge >= 0.3 is 0 Å². The summed E-state index contributed by atoms with van der Waals surface area (Å²) in [6.07, 6.45) is -5.77. The minimum atomic E-state index is -1.92. The van der Waals surface area contributed by atoms with Gasteiger partial charge in [-0.25, -0.2) is 0 Å². The minimum Gasteiger partial charge on any atom is -0.394 e. The molecule has 8 heteroatoms. The maximum absolute atomic E-state index is 11.5. The van der Waals surface area contributed by atoms with E-state index in [-0.39, 0.29) is 12.3 Å². The zero-order valence-corrected chi connectivity index (χ0v) is 13.4. The van der Waals surface area contributed by atoms with Crippen molar-refractivity contribution < 1.29 is 35.1 Å². The molecule has 0 fully saturated rings. The van der Waals surface area contributed by atoms with Gasteiger partial charge in [0.25, 0.3) is 5.91 Å². The van der Waals surface area contributed by atoms with Gasteiger partial charge < -0.3 is 35.6 Å². The summed E-state index contributed by atoms with van der Waals surface area (Å²) in [4.78, 5) is 22.1. The van der Waals surface area contributed by atoms with E-state index in [0.717, 1.165) is 0 Å². The first-order valence-corrected chi connectivity index (χ1v) is 7.41. The summed E-state index contributed by atoms with van der Waals surface area (Å²) < 4.78 is 0. The fourth-order valence-corrected chi connectivity index (χ4v) is 1.49. The zero-order valence-electron chi connectivity index (χ0n) is 13.4. The molecule has 22 heavy (non-hydrogen) atoms. The normalized spacial score (nSPS) is 15.8. The first kappa shape index (κ1) is 23.2. The second kappa shape index (κ2) is 13.6. The monoisotopic (exact) mass is 323 g/mol. The van der Waals surface area contributed by atoms with Crippen LogP contribution in [0, 0.1) is 0 Å². The third-order valence-electron chi connectivity index (χ3n) is 2.78. The van der Waals surface area contributed by atoms with Crippen LogP contribution in [-0.2, 0) is 9.59 Å². The lowest BCUT2D eigenvalue weighted by Gasteiger charge is -2.24. The lowest BCUT2D eigenvalue weighted by atomic mass is 10.0. The lowest BCUT2D eigenvalue weighted by Crippen LogP contribution is -2.51. The Morgan fingerprint density at radius 1 is 1.00 bits per heavy atom. The first-order valence-electron chi connectivity index (χ1n) is 7.41. The second-order valence-corrected chi connectivity index (χ2v) is 4.63. The number of carbonyl (C=O) groups excluding carboxylic acids is 2. The number of Topliss-reactive ketones (excluding diaryl/α,β-unsaturated/α-hetero) is 1. The second-order valence-electron chi connectivity index (χ2n) is 4.63. The van der Waals surface area contributed by atoms with Gasteiger partial charge in [0.15, 0.2) is 6.10 Å². The summed E-state index contributed by atoms with van der Waals surface area (Å²) in [5, 5.41) is 48.3. The number of aliphatic hydroxyl groups excluding tert-OH is 5. The van der Waals surface area contributed by atoms with Crippen LogP contribution in [0.4, 0.5) is 0 Å². The maximum Gasteiger partial charge on any atom is 0.251 e. The summed E-state index contributed by atoms with van der Waals surface area (Å²) in [7, 11) is 0. The molecule has 0 aliphatic heterocycles. The van der Waals surface area contributed by atoms with Crippen LogP contribution in [0.15, 0.2) is 0 Å². The molecule has 0 spiro atoms. The average Bonchev–Trinajstić information content (AvgIpc) is 2.52. The van der Waals surface area contributed by atoms with Crippen LogP contribution in [0.3, 0.4) is 0 Å². The number of aliphatic hydroxyl groups is 5. The Hall–Kier alpha value is -1.06. The molecule has 0 aliphatic rings. The van der Waals surface area contributed by atoms with Gasteiger partial charge in [0, 0.05) is 13.0 Å². The Morgan fingerprint density at radius 2 is 1.55 bits per heavy atom. The third kappa shape index (κ3) is 9.80. The summed E-state index contributed by atoms with van der Waals surface area (Å²) in [5.74, 6) is -0.850. The van der Waals surface area contributed by atoms with Gasteiger partial charge in [-0.15, -0.1) is 0 Å². The Labute approximate surface area is 130 Å². The molecule has 1 amide bonds. The van der Waals surface area contributed by atoms with E-state index >= 15 is 0 Å². The summed E-state index contributed by atoms with van der Waals surface area (Å²) in [6.45, 7) is 4.87. The number of rotatable bonds is 10. The van der Waals surface area contributed by atoms with E-state index in [9.17, 15) is 24.9 Å². The Bertz CT molecular complexity index is 312. The van der Waals surface area contributed by atoms with E-state index in [4.69, 9.17) is 10.2 Å². The smallest absolute Gasteiger partial charge is 0.251 e.